The van der Waals surface area contributed by atoms with E-state index in [1.165, 1.54) is 10.5 Å². The van der Waals surface area contributed by atoms with Crippen LogP contribution in [-0.2, 0) is 4.74 Å². The zero-order valence-corrected chi connectivity index (χ0v) is 13.0. The van der Waals surface area contributed by atoms with Gasteiger partial charge in [0.25, 0.3) is 0 Å². The van der Waals surface area contributed by atoms with E-state index < -0.39 is 6.09 Å². The van der Waals surface area contributed by atoms with Gasteiger partial charge in [-0.1, -0.05) is 48.0 Å². The van der Waals surface area contributed by atoms with Crippen LogP contribution in [0.1, 0.15) is 17.2 Å². The molecule has 0 saturated heterocycles. The minimum absolute atomic E-state index is 0.266. The van der Waals surface area contributed by atoms with Gasteiger partial charge in [0.2, 0.25) is 0 Å². The van der Waals surface area contributed by atoms with Crippen LogP contribution in [0.15, 0.2) is 59.5 Å². The molecule has 0 fully saturated rings. The van der Waals surface area contributed by atoms with Crippen LogP contribution >= 0.6 is 11.8 Å². The van der Waals surface area contributed by atoms with Crippen LogP contribution < -0.4 is 5.32 Å². The Hall–Kier alpha value is -1.94. The Labute approximate surface area is 129 Å². The van der Waals surface area contributed by atoms with Crippen molar-refractivity contribution in [2.75, 3.05) is 12.8 Å². The number of nitrogens with one attached hydrogen (secondary N) is 1. The van der Waals surface area contributed by atoms with E-state index >= 15 is 0 Å². The molecule has 110 valence electrons. The normalized spacial score (nSPS) is 11.7. The van der Waals surface area contributed by atoms with Crippen molar-refractivity contribution in [2.24, 2.45) is 0 Å². The molecule has 0 aromatic heterocycles. The van der Waals surface area contributed by atoms with Crippen LogP contribution in [0.2, 0.25) is 0 Å². The highest BCUT2D eigenvalue weighted by atomic mass is 32.2. The first-order valence-corrected chi connectivity index (χ1v) is 7.80. The molecule has 1 amide bonds. The lowest BCUT2D eigenvalue weighted by molar-refractivity contribution is 0.111. The van der Waals surface area contributed by atoms with Gasteiger partial charge in [0.1, 0.15) is 6.10 Å². The van der Waals surface area contributed by atoms with Gasteiger partial charge in [-0.3, -0.25) is 0 Å². The van der Waals surface area contributed by atoms with E-state index in [9.17, 15) is 4.79 Å². The van der Waals surface area contributed by atoms with Crippen molar-refractivity contribution in [3.63, 3.8) is 0 Å². The molecule has 0 aliphatic rings. The molecule has 2 aromatic carbocycles. The van der Waals surface area contributed by atoms with Gasteiger partial charge in [0.15, 0.2) is 0 Å². The minimum Gasteiger partial charge on any atom is -0.440 e. The lowest BCUT2D eigenvalue weighted by Crippen LogP contribution is -2.23. The third-order valence-electron chi connectivity index (χ3n) is 3.05. The van der Waals surface area contributed by atoms with E-state index in [-0.39, 0.29) is 6.10 Å². The lowest BCUT2D eigenvalue weighted by atomic mass is 10.1. The average molecular weight is 301 g/mol. The first kappa shape index (κ1) is 15.4. The van der Waals surface area contributed by atoms with Crippen molar-refractivity contribution in [1.29, 1.82) is 0 Å². The van der Waals surface area contributed by atoms with Gasteiger partial charge in [-0.2, -0.15) is 0 Å². The van der Waals surface area contributed by atoms with E-state index in [1.54, 1.807) is 18.8 Å². The molecule has 1 atom stereocenters. The van der Waals surface area contributed by atoms with Crippen molar-refractivity contribution in [2.45, 2.75) is 17.9 Å². The number of ether oxygens (including phenoxy) is 1. The summed E-state index contributed by atoms with van der Waals surface area (Å²) in [7, 11) is 1.57. The predicted molar refractivity (Wildman–Crippen MR) is 86.6 cm³/mol. The molecule has 2 aromatic rings. The van der Waals surface area contributed by atoms with Gasteiger partial charge in [-0.05, 0) is 24.6 Å². The molecule has 2 rings (SSSR count). The summed E-state index contributed by atoms with van der Waals surface area (Å²) >= 11 is 1.68. The quantitative estimate of drug-likeness (QED) is 0.842. The number of carbonyl (C=O) groups excluding carboxylic acids is 1. The SMILES string of the molecule is CNC(=O)OC(CSc1ccc(C)cc1)c1ccccc1. The molecule has 0 radical (unpaired) electrons. The molecule has 4 heteroatoms. The molecule has 21 heavy (non-hydrogen) atoms. The van der Waals surface area contributed by atoms with Crippen molar-refractivity contribution in [3.05, 3.63) is 65.7 Å². The Balaban J connectivity index is 2.05. The number of amides is 1. The summed E-state index contributed by atoms with van der Waals surface area (Å²) in [4.78, 5) is 12.7. The summed E-state index contributed by atoms with van der Waals surface area (Å²) in [6.07, 6.45) is -0.675. The fraction of sp³-hybridized carbons (Fsp3) is 0.235. The van der Waals surface area contributed by atoms with Crippen LogP contribution in [0.3, 0.4) is 0 Å². The number of rotatable bonds is 5. The summed E-state index contributed by atoms with van der Waals surface area (Å²) in [5.74, 6) is 0.681. The zero-order chi connectivity index (χ0) is 15.1. The van der Waals surface area contributed by atoms with Crippen molar-refractivity contribution < 1.29 is 9.53 Å². The maximum atomic E-state index is 11.5. The highest BCUT2D eigenvalue weighted by molar-refractivity contribution is 7.99. The smallest absolute Gasteiger partial charge is 0.407 e. The molecule has 1 unspecified atom stereocenters. The fourth-order valence-electron chi connectivity index (χ4n) is 1.86. The zero-order valence-electron chi connectivity index (χ0n) is 12.2. The molecular formula is C17H19NO2S. The molecular weight excluding hydrogens is 282 g/mol. The van der Waals surface area contributed by atoms with Crippen molar-refractivity contribution in [1.82, 2.24) is 5.32 Å². The molecule has 0 spiro atoms. The third-order valence-corrected chi connectivity index (χ3v) is 4.12. The van der Waals surface area contributed by atoms with Crippen LogP contribution in [0.4, 0.5) is 4.79 Å². The fourth-order valence-corrected chi connectivity index (χ4v) is 2.79. The summed E-state index contributed by atoms with van der Waals surface area (Å²) in [6, 6.07) is 18.1. The van der Waals surface area contributed by atoms with E-state index in [1.807, 2.05) is 30.3 Å². The first-order valence-electron chi connectivity index (χ1n) is 6.82. The molecule has 1 N–H and O–H groups in total. The van der Waals surface area contributed by atoms with Gasteiger partial charge in [-0.25, -0.2) is 4.79 Å². The van der Waals surface area contributed by atoms with Gasteiger partial charge < -0.3 is 10.1 Å². The maximum absolute atomic E-state index is 11.5. The Morgan fingerprint density at radius 2 is 1.81 bits per heavy atom. The third kappa shape index (κ3) is 4.83. The van der Waals surface area contributed by atoms with Crippen LogP contribution in [0.25, 0.3) is 0 Å². The second-order valence-electron chi connectivity index (χ2n) is 4.68. The summed E-state index contributed by atoms with van der Waals surface area (Å²) in [5.41, 5.74) is 2.24. The number of aryl methyl sites for hydroxylation is 1. The monoisotopic (exact) mass is 301 g/mol. The average Bonchev–Trinajstić information content (AvgIpc) is 2.53. The number of benzene rings is 2. The van der Waals surface area contributed by atoms with E-state index in [0.717, 1.165) is 5.56 Å². The molecule has 0 aliphatic heterocycles. The molecule has 0 bridgehead atoms. The van der Waals surface area contributed by atoms with Crippen LogP contribution in [0.5, 0.6) is 0 Å². The van der Waals surface area contributed by atoms with Crippen LogP contribution in [-0.4, -0.2) is 18.9 Å². The van der Waals surface area contributed by atoms with Crippen molar-refractivity contribution in [3.8, 4) is 0 Å². The highest BCUT2D eigenvalue weighted by Gasteiger charge is 2.16. The Bertz CT molecular complexity index is 569. The maximum Gasteiger partial charge on any atom is 0.407 e. The number of hydrogen-bond donors (Lipinski definition) is 1. The Kier molecular flexibility index (Phi) is 5.69. The Morgan fingerprint density at radius 3 is 2.43 bits per heavy atom. The molecule has 0 aliphatic carbocycles. The highest BCUT2D eigenvalue weighted by Crippen LogP contribution is 2.27. The molecule has 0 heterocycles. The van der Waals surface area contributed by atoms with Gasteiger partial charge in [-0.15, -0.1) is 11.8 Å². The van der Waals surface area contributed by atoms with E-state index in [4.69, 9.17) is 4.74 Å². The summed E-state index contributed by atoms with van der Waals surface area (Å²) < 4.78 is 5.46. The molecule has 0 saturated carbocycles. The largest absolute Gasteiger partial charge is 0.440 e. The second kappa shape index (κ2) is 7.74. The number of carbonyl (C=O) groups is 1. The topological polar surface area (TPSA) is 38.3 Å². The Morgan fingerprint density at radius 1 is 1.14 bits per heavy atom. The van der Waals surface area contributed by atoms with Gasteiger partial charge in [0.05, 0.1) is 0 Å². The molecule has 3 nitrogen and oxygen atoms in total. The second-order valence-corrected chi connectivity index (χ2v) is 5.77. The minimum atomic E-state index is -0.409. The first-order chi connectivity index (χ1) is 10.2. The summed E-state index contributed by atoms with van der Waals surface area (Å²) in [5, 5.41) is 2.50. The number of alkyl carbamates (subject to hydrolysis) is 1. The predicted octanol–water partition coefficient (Wildman–Crippen LogP) is 4.18. The standard InChI is InChI=1S/C17H19NO2S/c1-13-8-10-15(11-9-13)21-12-16(20-17(19)18-2)14-6-4-3-5-7-14/h3-11,16H,12H2,1-2H3,(H,18,19). The van der Waals surface area contributed by atoms with Gasteiger partial charge >= 0.3 is 6.09 Å². The van der Waals surface area contributed by atoms with E-state index in [2.05, 4.69) is 36.5 Å². The van der Waals surface area contributed by atoms with Crippen molar-refractivity contribution >= 4 is 17.9 Å². The van der Waals surface area contributed by atoms with Crippen LogP contribution in [0, 0.1) is 6.92 Å². The van der Waals surface area contributed by atoms with Gasteiger partial charge in [0, 0.05) is 17.7 Å². The summed E-state index contributed by atoms with van der Waals surface area (Å²) in [6.45, 7) is 2.07. The number of thioether (sulfide) groups is 1. The lowest BCUT2D eigenvalue weighted by Gasteiger charge is -2.17. The van der Waals surface area contributed by atoms with E-state index in [0.29, 0.717) is 5.75 Å². The number of hydrogen-bond acceptors (Lipinski definition) is 3.